The van der Waals surface area contributed by atoms with Crippen molar-refractivity contribution in [2.24, 2.45) is 17.8 Å². The Morgan fingerprint density at radius 2 is 1.72 bits per heavy atom. The fraction of sp³-hybridized carbons (Fsp3) is 0.357. The average Bonchev–Trinajstić information content (AvgIpc) is 3.79. The molecule has 8 heteroatoms. The van der Waals surface area contributed by atoms with E-state index in [1.54, 1.807) is 37.4 Å². The molecular weight excluding hydrogens is 459 g/mol. The van der Waals surface area contributed by atoms with Crippen molar-refractivity contribution < 1.29 is 18.7 Å². The van der Waals surface area contributed by atoms with Gasteiger partial charge in [-0.2, -0.15) is 4.39 Å². The third kappa shape index (κ3) is 5.70. The minimum atomic E-state index is -0.779. The molecule has 1 atom stereocenters. The quantitative estimate of drug-likeness (QED) is 0.401. The lowest BCUT2D eigenvalue weighted by molar-refractivity contribution is -0.119. The van der Waals surface area contributed by atoms with Gasteiger partial charge < -0.3 is 15.4 Å². The van der Waals surface area contributed by atoms with Gasteiger partial charge in [0.1, 0.15) is 18.5 Å². The van der Waals surface area contributed by atoms with Crippen molar-refractivity contribution in [3.05, 3.63) is 78.0 Å². The summed E-state index contributed by atoms with van der Waals surface area (Å²) >= 11 is 0. The van der Waals surface area contributed by atoms with Crippen molar-refractivity contribution in [2.75, 3.05) is 5.32 Å². The maximum Gasteiger partial charge on any atom is 0.408 e. The molecule has 0 saturated heterocycles. The van der Waals surface area contributed by atoms with Crippen molar-refractivity contribution >= 4 is 17.8 Å². The molecule has 0 spiro atoms. The van der Waals surface area contributed by atoms with E-state index in [0.29, 0.717) is 28.7 Å². The molecule has 2 fully saturated rings. The number of nitrogens with zero attached hydrogens (tertiary/aromatic N) is 2. The van der Waals surface area contributed by atoms with Gasteiger partial charge in [0.15, 0.2) is 0 Å². The van der Waals surface area contributed by atoms with E-state index in [1.807, 2.05) is 30.3 Å². The molecule has 5 rings (SSSR count). The van der Waals surface area contributed by atoms with Gasteiger partial charge in [0, 0.05) is 23.0 Å². The molecule has 2 aromatic heterocycles. The van der Waals surface area contributed by atoms with Crippen LogP contribution in [0.4, 0.5) is 15.0 Å². The Morgan fingerprint density at radius 1 is 1.00 bits per heavy atom. The molecule has 7 nitrogen and oxygen atoms in total. The van der Waals surface area contributed by atoms with Gasteiger partial charge in [-0.3, -0.25) is 9.78 Å². The zero-order valence-corrected chi connectivity index (χ0v) is 20.1. The Hall–Kier alpha value is -3.81. The molecule has 0 bridgehead atoms. The maximum absolute atomic E-state index is 14.9. The zero-order chi connectivity index (χ0) is 25.1. The largest absolute Gasteiger partial charge is 0.445 e. The molecule has 3 aromatic rings. The predicted octanol–water partition coefficient (Wildman–Crippen LogP) is 5.26. The van der Waals surface area contributed by atoms with Crippen LogP contribution in [0, 0.1) is 30.6 Å². The van der Waals surface area contributed by atoms with Crippen LogP contribution < -0.4 is 10.6 Å². The van der Waals surface area contributed by atoms with Crippen LogP contribution in [-0.2, 0) is 16.1 Å². The van der Waals surface area contributed by atoms with Crippen LogP contribution in [0.1, 0.15) is 36.9 Å². The summed E-state index contributed by atoms with van der Waals surface area (Å²) in [7, 11) is 0. The molecular formula is C28H29FN4O3. The van der Waals surface area contributed by atoms with Gasteiger partial charge in [0.2, 0.25) is 11.9 Å². The molecule has 2 heterocycles. The molecule has 2 aliphatic carbocycles. The average molecular weight is 489 g/mol. The minimum absolute atomic E-state index is 0.0245. The first-order chi connectivity index (χ1) is 17.5. The summed E-state index contributed by atoms with van der Waals surface area (Å²) in [6, 6.07) is 15.2. The topological polar surface area (TPSA) is 93.2 Å². The highest BCUT2D eigenvalue weighted by molar-refractivity contribution is 5.96. The Kier molecular flexibility index (Phi) is 6.93. The second-order valence-corrected chi connectivity index (χ2v) is 9.60. The van der Waals surface area contributed by atoms with Crippen molar-refractivity contribution in [1.82, 2.24) is 15.3 Å². The Bertz CT molecular complexity index is 1230. The number of hydrogen-bond donors (Lipinski definition) is 2. The van der Waals surface area contributed by atoms with E-state index in [-0.39, 0.29) is 18.3 Å². The molecule has 2 N–H and O–H groups in total. The van der Waals surface area contributed by atoms with E-state index in [1.165, 1.54) is 0 Å². The number of rotatable bonds is 9. The van der Waals surface area contributed by atoms with Gasteiger partial charge in [-0.25, -0.2) is 9.78 Å². The molecule has 2 saturated carbocycles. The van der Waals surface area contributed by atoms with Crippen molar-refractivity contribution in [1.29, 1.82) is 0 Å². The number of amides is 2. The van der Waals surface area contributed by atoms with Gasteiger partial charge in [-0.05, 0) is 74.1 Å². The highest BCUT2D eigenvalue weighted by atomic mass is 19.1. The zero-order valence-electron chi connectivity index (χ0n) is 20.1. The van der Waals surface area contributed by atoms with Crippen LogP contribution in [0.2, 0.25) is 0 Å². The first-order valence-electron chi connectivity index (χ1n) is 12.4. The van der Waals surface area contributed by atoms with E-state index in [9.17, 15) is 14.0 Å². The summed E-state index contributed by atoms with van der Waals surface area (Å²) in [6.07, 6.45) is 5.16. The Labute approximate surface area is 209 Å². The number of halogens is 1. The summed E-state index contributed by atoms with van der Waals surface area (Å²) in [4.78, 5) is 34.2. The molecule has 186 valence electrons. The fourth-order valence-corrected chi connectivity index (χ4v) is 4.80. The smallest absolute Gasteiger partial charge is 0.408 e. The second kappa shape index (κ2) is 10.4. The Balaban J connectivity index is 1.30. The maximum atomic E-state index is 14.9. The van der Waals surface area contributed by atoms with Crippen LogP contribution >= 0.6 is 0 Å². The number of alkyl carbamates (subject to hydrolysis) is 1. The number of hydrogen-bond acceptors (Lipinski definition) is 5. The summed E-state index contributed by atoms with van der Waals surface area (Å²) < 4.78 is 20.3. The third-order valence-electron chi connectivity index (χ3n) is 6.88. The van der Waals surface area contributed by atoms with Crippen LogP contribution in [0.3, 0.4) is 0 Å². The minimum Gasteiger partial charge on any atom is -0.445 e. The Morgan fingerprint density at radius 3 is 2.36 bits per heavy atom. The van der Waals surface area contributed by atoms with Crippen molar-refractivity contribution in [3.8, 4) is 11.1 Å². The van der Waals surface area contributed by atoms with Gasteiger partial charge in [-0.1, -0.05) is 36.4 Å². The molecule has 1 aromatic carbocycles. The number of benzene rings is 1. The van der Waals surface area contributed by atoms with Crippen molar-refractivity contribution in [2.45, 2.75) is 45.3 Å². The number of aromatic nitrogens is 2. The number of anilines is 1. The van der Waals surface area contributed by atoms with E-state index in [0.717, 1.165) is 31.2 Å². The van der Waals surface area contributed by atoms with Crippen molar-refractivity contribution in [3.63, 3.8) is 0 Å². The molecule has 2 amide bonds. The highest BCUT2D eigenvalue weighted by Crippen LogP contribution is 2.50. The van der Waals surface area contributed by atoms with E-state index < -0.39 is 24.0 Å². The summed E-state index contributed by atoms with van der Waals surface area (Å²) in [6.45, 7) is 1.91. The van der Waals surface area contributed by atoms with Gasteiger partial charge in [0.05, 0.1) is 0 Å². The van der Waals surface area contributed by atoms with E-state index in [2.05, 4.69) is 20.6 Å². The first-order valence-corrected chi connectivity index (χ1v) is 12.4. The molecule has 2 aliphatic rings. The number of nitrogens with one attached hydrogen (secondary N) is 2. The van der Waals surface area contributed by atoms with Crippen LogP contribution in [0.5, 0.6) is 0 Å². The standard InChI is InChI=1S/C28H29FN4O3/c1-17-21(8-5-15-30-17)22-13-14-23(31-26(22)29)32-27(34)25(24(19-9-10-19)20-11-12-20)33-28(35)36-16-18-6-3-2-4-7-18/h2-8,13-15,19-20,24-25H,9-12,16H2,1H3,(H,33,35)(H,31,32,34)/t25-/m0/s1. The molecule has 0 unspecified atom stereocenters. The van der Waals surface area contributed by atoms with Crippen LogP contribution in [-0.4, -0.2) is 28.0 Å². The summed E-state index contributed by atoms with van der Waals surface area (Å²) in [5.41, 5.74) is 2.50. The monoisotopic (exact) mass is 488 g/mol. The normalized spacial score (nSPS) is 15.9. The number of aryl methyl sites for hydroxylation is 1. The second-order valence-electron chi connectivity index (χ2n) is 9.60. The van der Waals surface area contributed by atoms with Gasteiger partial charge >= 0.3 is 6.09 Å². The van der Waals surface area contributed by atoms with E-state index in [4.69, 9.17) is 4.74 Å². The van der Waals surface area contributed by atoms with Crippen LogP contribution in [0.15, 0.2) is 60.8 Å². The lowest BCUT2D eigenvalue weighted by Crippen LogP contribution is -2.50. The molecule has 0 radical (unpaired) electrons. The summed E-state index contributed by atoms with van der Waals surface area (Å²) in [5, 5.41) is 5.53. The fourth-order valence-electron chi connectivity index (χ4n) is 4.80. The number of ether oxygens (including phenoxy) is 1. The number of carbonyl (C=O) groups excluding carboxylic acids is 2. The first kappa shape index (κ1) is 23.9. The lowest BCUT2D eigenvalue weighted by atomic mass is 9.89. The van der Waals surface area contributed by atoms with E-state index >= 15 is 0 Å². The third-order valence-corrected chi connectivity index (χ3v) is 6.88. The highest BCUT2D eigenvalue weighted by Gasteiger charge is 2.48. The number of carbonyl (C=O) groups is 2. The SMILES string of the molecule is Cc1ncccc1-c1ccc(NC(=O)[C@@H](NC(=O)OCc2ccccc2)C(C2CC2)C2CC2)nc1F. The number of pyridine rings is 2. The van der Waals surface area contributed by atoms with Crippen LogP contribution in [0.25, 0.3) is 11.1 Å². The lowest BCUT2D eigenvalue weighted by Gasteiger charge is -2.27. The molecule has 36 heavy (non-hydrogen) atoms. The predicted molar refractivity (Wildman–Crippen MR) is 133 cm³/mol. The molecule has 0 aliphatic heterocycles. The van der Waals surface area contributed by atoms with Gasteiger partial charge in [-0.15, -0.1) is 0 Å². The van der Waals surface area contributed by atoms with Gasteiger partial charge in [0.25, 0.3) is 0 Å². The summed E-state index contributed by atoms with van der Waals surface area (Å²) in [5.74, 6) is -0.204.